The van der Waals surface area contributed by atoms with Gasteiger partial charge in [0.1, 0.15) is 11.9 Å². The van der Waals surface area contributed by atoms with Gasteiger partial charge in [-0.05, 0) is 19.1 Å². The van der Waals surface area contributed by atoms with Gasteiger partial charge in [-0.15, -0.1) is 0 Å². The van der Waals surface area contributed by atoms with E-state index in [1.165, 1.54) is 13.1 Å². The molecule has 10 heteroatoms. The van der Waals surface area contributed by atoms with Gasteiger partial charge < -0.3 is 26.0 Å². The van der Waals surface area contributed by atoms with Crippen LogP contribution in [0.5, 0.6) is 0 Å². The van der Waals surface area contributed by atoms with E-state index in [1.54, 1.807) is 41.3 Å². The third-order valence-electron chi connectivity index (χ3n) is 5.70. The molecule has 10 nitrogen and oxygen atoms in total. The molecular weight excluding hydrogens is 438 g/mol. The van der Waals surface area contributed by atoms with Crippen molar-refractivity contribution in [3.8, 4) is 0 Å². The number of piperazine rings is 1. The quantitative estimate of drug-likeness (QED) is 0.451. The van der Waals surface area contributed by atoms with Crippen molar-refractivity contribution in [2.75, 3.05) is 31.1 Å². The van der Waals surface area contributed by atoms with E-state index in [9.17, 15) is 24.3 Å². The minimum absolute atomic E-state index is 0.0449. The van der Waals surface area contributed by atoms with Gasteiger partial charge in [0, 0.05) is 50.8 Å². The van der Waals surface area contributed by atoms with Gasteiger partial charge in [0.25, 0.3) is 5.91 Å². The van der Waals surface area contributed by atoms with Crippen LogP contribution in [0.25, 0.3) is 0 Å². The standard InChI is InChI=1S/C24H29N5O5/c1-16(30)22(23(25)33)27-24(34)18-7-9-20(26-15-18)28-11-13-29(14-12-28)21(32)10-8-19(31)17-5-3-2-4-6-17/h2-7,9,15-16,22,30H,8,10-14H2,1H3,(H2,25,33)(H,27,34). The summed E-state index contributed by atoms with van der Waals surface area (Å²) in [6, 6.07) is 11.0. The molecule has 1 aliphatic heterocycles. The first-order valence-electron chi connectivity index (χ1n) is 11.1. The number of benzene rings is 1. The van der Waals surface area contributed by atoms with Gasteiger partial charge in [-0.25, -0.2) is 4.98 Å². The fourth-order valence-corrected chi connectivity index (χ4v) is 3.69. The Bertz CT molecular complexity index is 1020. The summed E-state index contributed by atoms with van der Waals surface area (Å²) in [6.45, 7) is 3.53. The lowest BCUT2D eigenvalue weighted by Gasteiger charge is -2.35. The third kappa shape index (κ3) is 6.38. The predicted octanol–water partition coefficient (Wildman–Crippen LogP) is 0.358. The lowest BCUT2D eigenvalue weighted by Crippen LogP contribution is -2.50. The van der Waals surface area contributed by atoms with Crippen LogP contribution in [-0.4, -0.2) is 76.8 Å². The van der Waals surface area contributed by atoms with Crippen LogP contribution >= 0.6 is 0 Å². The number of amides is 3. The maximum absolute atomic E-state index is 12.5. The molecular formula is C24H29N5O5. The Labute approximate surface area is 197 Å². The molecule has 2 heterocycles. The van der Waals surface area contributed by atoms with E-state index in [4.69, 9.17) is 5.73 Å². The second kappa shape index (κ2) is 11.4. The van der Waals surface area contributed by atoms with Gasteiger partial charge in [-0.3, -0.25) is 19.2 Å². The van der Waals surface area contributed by atoms with Crippen LogP contribution in [0.1, 0.15) is 40.5 Å². The number of carbonyl (C=O) groups is 4. The summed E-state index contributed by atoms with van der Waals surface area (Å²) in [6.07, 6.45) is 0.621. The van der Waals surface area contributed by atoms with Crippen LogP contribution in [0.2, 0.25) is 0 Å². The fourth-order valence-electron chi connectivity index (χ4n) is 3.69. The molecule has 4 N–H and O–H groups in total. The van der Waals surface area contributed by atoms with Crippen LogP contribution in [0.4, 0.5) is 5.82 Å². The van der Waals surface area contributed by atoms with Crippen molar-refractivity contribution in [2.45, 2.75) is 31.9 Å². The molecule has 2 atom stereocenters. The number of Topliss-reactive ketones (excluding diaryl/α,β-unsaturated/α-hetero) is 1. The molecule has 0 spiro atoms. The SMILES string of the molecule is CC(O)C(NC(=O)c1ccc(N2CCN(C(=O)CCC(=O)c3ccccc3)CC2)nc1)C(N)=O. The predicted molar refractivity (Wildman–Crippen MR) is 125 cm³/mol. The Hall–Kier alpha value is -3.79. The number of nitrogens with one attached hydrogen (secondary N) is 1. The number of aliphatic hydroxyl groups is 1. The number of rotatable bonds is 9. The van der Waals surface area contributed by atoms with E-state index in [0.717, 1.165) is 0 Å². The van der Waals surface area contributed by atoms with E-state index < -0.39 is 24.0 Å². The fraction of sp³-hybridized carbons (Fsp3) is 0.375. The Balaban J connectivity index is 1.48. The summed E-state index contributed by atoms with van der Waals surface area (Å²) >= 11 is 0. The minimum atomic E-state index is -1.19. The highest BCUT2D eigenvalue weighted by atomic mass is 16.3. The molecule has 1 aliphatic rings. The molecule has 0 aliphatic carbocycles. The maximum Gasteiger partial charge on any atom is 0.253 e. The third-order valence-corrected chi connectivity index (χ3v) is 5.70. The highest BCUT2D eigenvalue weighted by Gasteiger charge is 2.25. The molecule has 3 amide bonds. The van der Waals surface area contributed by atoms with Crippen molar-refractivity contribution >= 4 is 29.3 Å². The molecule has 2 unspecified atom stereocenters. The number of pyridine rings is 1. The number of hydrogen-bond acceptors (Lipinski definition) is 7. The van der Waals surface area contributed by atoms with Gasteiger partial charge in [-0.2, -0.15) is 0 Å². The maximum atomic E-state index is 12.5. The summed E-state index contributed by atoms with van der Waals surface area (Å²) < 4.78 is 0. The van der Waals surface area contributed by atoms with Crippen molar-refractivity contribution in [3.63, 3.8) is 0 Å². The molecule has 34 heavy (non-hydrogen) atoms. The number of carbonyl (C=O) groups excluding carboxylic acids is 4. The van der Waals surface area contributed by atoms with Crippen LogP contribution in [0, 0.1) is 0 Å². The summed E-state index contributed by atoms with van der Waals surface area (Å²) in [4.78, 5) is 56.5. The van der Waals surface area contributed by atoms with E-state index in [2.05, 4.69) is 10.3 Å². The average Bonchev–Trinajstić information content (AvgIpc) is 2.85. The molecule has 3 rings (SSSR count). The van der Waals surface area contributed by atoms with Crippen LogP contribution in [0.3, 0.4) is 0 Å². The molecule has 1 saturated heterocycles. The van der Waals surface area contributed by atoms with Crippen molar-refractivity contribution in [1.29, 1.82) is 0 Å². The van der Waals surface area contributed by atoms with Crippen LogP contribution in [-0.2, 0) is 9.59 Å². The number of nitrogens with zero attached hydrogens (tertiary/aromatic N) is 3. The lowest BCUT2D eigenvalue weighted by molar-refractivity contribution is -0.131. The average molecular weight is 468 g/mol. The molecule has 0 radical (unpaired) electrons. The normalized spacial score (nSPS) is 15.4. The van der Waals surface area contributed by atoms with E-state index in [0.29, 0.717) is 37.6 Å². The minimum Gasteiger partial charge on any atom is -0.391 e. The molecule has 0 saturated carbocycles. The second-order valence-electron chi connectivity index (χ2n) is 8.16. The first kappa shape index (κ1) is 24.8. The Morgan fingerprint density at radius 3 is 2.24 bits per heavy atom. The zero-order valence-corrected chi connectivity index (χ0v) is 19.0. The van der Waals surface area contributed by atoms with E-state index in [-0.39, 0.29) is 30.1 Å². The Morgan fingerprint density at radius 2 is 1.68 bits per heavy atom. The van der Waals surface area contributed by atoms with Crippen molar-refractivity contribution in [1.82, 2.24) is 15.2 Å². The highest BCUT2D eigenvalue weighted by Crippen LogP contribution is 2.16. The van der Waals surface area contributed by atoms with Gasteiger partial charge >= 0.3 is 0 Å². The number of anilines is 1. The summed E-state index contributed by atoms with van der Waals surface area (Å²) in [5, 5.41) is 12.0. The van der Waals surface area contributed by atoms with Crippen molar-refractivity contribution < 1.29 is 24.3 Å². The van der Waals surface area contributed by atoms with Crippen LogP contribution in [0.15, 0.2) is 48.7 Å². The number of nitrogens with two attached hydrogens (primary N) is 1. The Morgan fingerprint density at radius 1 is 1.00 bits per heavy atom. The molecule has 1 aromatic heterocycles. The topological polar surface area (TPSA) is 146 Å². The second-order valence-corrected chi connectivity index (χ2v) is 8.16. The summed E-state index contributed by atoms with van der Waals surface area (Å²) in [5.41, 5.74) is 6.04. The molecule has 180 valence electrons. The van der Waals surface area contributed by atoms with Gasteiger partial charge in [0.2, 0.25) is 11.8 Å². The van der Waals surface area contributed by atoms with E-state index in [1.807, 2.05) is 11.0 Å². The number of primary amides is 1. The number of hydrogen-bond donors (Lipinski definition) is 3. The van der Waals surface area contributed by atoms with Crippen molar-refractivity contribution in [2.24, 2.45) is 5.73 Å². The highest BCUT2D eigenvalue weighted by molar-refractivity contribution is 5.98. The smallest absolute Gasteiger partial charge is 0.253 e. The molecule has 1 aromatic carbocycles. The lowest BCUT2D eigenvalue weighted by atomic mass is 10.1. The van der Waals surface area contributed by atoms with Gasteiger partial charge in [0.15, 0.2) is 5.78 Å². The first-order chi connectivity index (χ1) is 16.3. The first-order valence-corrected chi connectivity index (χ1v) is 11.1. The monoisotopic (exact) mass is 467 g/mol. The zero-order valence-electron chi connectivity index (χ0n) is 19.0. The Kier molecular flexibility index (Phi) is 8.31. The number of ketones is 1. The van der Waals surface area contributed by atoms with E-state index >= 15 is 0 Å². The zero-order chi connectivity index (χ0) is 24.7. The number of aromatic nitrogens is 1. The number of aliphatic hydroxyl groups excluding tert-OH is 1. The molecule has 2 aromatic rings. The largest absolute Gasteiger partial charge is 0.391 e. The van der Waals surface area contributed by atoms with Gasteiger partial charge in [-0.1, -0.05) is 30.3 Å². The summed E-state index contributed by atoms with van der Waals surface area (Å²) in [7, 11) is 0. The molecule has 1 fully saturated rings. The molecule has 0 bridgehead atoms. The van der Waals surface area contributed by atoms with Crippen molar-refractivity contribution in [3.05, 3.63) is 59.8 Å². The van der Waals surface area contributed by atoms with Crippen LogP contribution < -0.4 is 16.0 Å². The van der Waals surface area contributed by atoms with Gasteiger partial charge in [0.05, 0.1) is 11.7 Å². The summed E-state index contributed by atoms with van der Waals surface area (Å²) in [5.74, 6) is -0.832.